The molecule has 0 aliphatic heterocycles. The largest absolute Gasteiger partial charge is 0.380 e. The maximum absolute atomic E-state index is 5.72. The van der Waals surface area contributed by atoms with Crippen LogP contribution in [0, 0.1) is 0 Å². The SMILES string of the molecule is CN(C)CCOCCc1ccc([S+](c2ccccc2)c2ccccc2)cc1. The maximum atomic E-state index is 5.72. The van der Waals surface area contributed by atoms with Crippen LogP contribution in [0.1, 0.15) is 5.56 Å². The molecule has 0 saturated carbocycles. The average molecular weight is 379 g/mol. The zero-order chi connectivity index (χ0) is 18.9. The summed E-state index contributed by atoms with van der Waals surface area (Å²) in [6, 6.07) is 30.6. The molecule has 3 rings (SSSR count). The Morgan fingerprint density at radius 1 is 0.667 bits per heavy atom. The molecule has 3 heteroatoms. The molecule has 0 bridgehead atoms. The van der Waals surface area contributed by atoms with Crippen LogP contribution in [0.25, 0.3) is 0 Å². The Kier molecular flexibility index (Phi) is 7.52. The Balaban J connectivity index is 1.71. The third kappa shape index (κ3) is 5.96. The first-order chi connectivity index (χ1) is 13.2. The van der Waals surface area contributed by atoms with Crippen molar-refractivity contribution in [2.24, 2.45) is 0 Å². The lowest BCUT2D eigenvalue weighted by Crippen LogP contribution is -2.18. The average Bonchev–Trinajstić information content (AvgIpc) is 2.70. The zero-order valence-corrected chi connectivity index (χ0v) is 17.0. The summed E-state index contributed by atoms with van der Waals surface area (Å²) in [6.07, 6.45) is 0.957. The molecule has 3 aromatic carbocycles. The van der Waals surface area contributed by atoms with Crippen LogP contribution in [0.5, 0.6) is 0 Å². The van der Waals surface area contributed by atoms with E-state index < -0.39 is 0 Å². The molecule has 140 valence electrons. The highest BCUT2D eigenvalue weighted by molar-refractivity contribution is 7.97. The predicted octanol–water partition coefficient (Wildman–Crippen LogP) is 4.90. The predicted molar refractivity (Wildman–Crippen MR) is 115 cm³/mol. The second kappa shape index (κ2) is 10.3. The number of likely N-dealkylation sites (N-methyl/N-ethyl adjacent to an activating group) is 1. The lowest BCUT2D eigenvalue weighted by molar-refractivity contribution is 0.120. The second-order valence-electron chi connectivity index (χ2n) is 6.74. The summed E-state index contributed by atoms with van der Waals surface area (Å²) in [7, 11) is 4.06. The fourth-order valence-corrected chi connectivity index (χ4v) is 4.94. The summed E-state index contributed by atoms with van der Waals surface area (Å²) in [5.74, 6) is 0. The monoisotopic (exact) mass is 378 g/mol. The van der Waals surface area contributed by atoms with E-state index in [0.717, 1.165) is 26.2 Å². The van der Waals surface area contributed by atoms with Gasteiger partial charge in [-0.25, -0.2) is 0 Å². The van der Waals surface area contributed by atoms with Gasteiger partial charge < -0.3 is 9.64 Å². The molecule has 0 saturated heterocycles. The Hall–Kier alpha value is -2.07. The zero-order valence-electron chi connectivity index (χ0n) is 16.2. The molecule has 0 N–H and O–H groups in total. The van der Waals surface area contributed by atoms with Gasteiger partial charge in [-0.2, -0.15) is 0 Å². The summed E-state index contributed by atoms with van der Waals surface area (Å²) >= 11 is 0. The second-order valence-corrected chi connectivity index (χ2v) is 8.77. The molecule has 27 heavy (non-hydrogen) atoms. The van der Waals surface area contributed by atoms with E-state index in [0.29, 0.717) is 0 Å². The van der Waals surface area contributed by atoms with Gasteiger partial charge in [0.1, 0.15) is 0 Å². The standard InChI is InChI=1S/C24H28NOS/c1-25(2)18-20-26-19-17-21-13-15-24(16-14-21)27(22-9-5-3-6-10-22)23-11-7-4-8-12-23/h3-16H,17-20H2,1-2H3/q+1. The summed E-state index contributed by atoms with van der Waals surface area (Å²) in [6.45, 7) is 2.53. The van der Waals surface area contributed by atoms with E-state index >= 15 is 0 Å². The first-order valence-corrected chi connectivity index (χ1v) is 10.6. The van der Waals surface area contributed by atoms with Crippen LogP contribution in [0.2, 0.25) is 0 Å². The highest BCUT2D eigenvalue weighted by Crippen LogP contribution is 2.31. The van der Waals surface area contributed by atoms with Crippen molar-refractivity contribution in [1.82, 2.24) is 4.90 Å². The Morgan fingerprint density at radius 2 is 1.19 bits per heavy atom. The number of rotatable bonds is 9. The molecule has 0 atom stereocenters. The number of ether oxygens (including phenoxy) is 1. The highest BCUT2D eigenvalue weighted by atomic mass is 32.2. The third-order valence-corrected chi connectivity index (χ3v) is 6.57. The van der Waals surface area contributed by atoms with Crippen molar-refractivity contribution in [2.75, 3.05) is 33.9 Å². The highest BCUT2D eigenvalue weighted by Gasteiger charge is 2.27. The van der Waals surface area contributed by atoms with E-state index in [1.165, 1.54) is 20.2 Å². The summed E-state index contributed by atoms with van der Waals surface area (Å²) < 4.78 is 5.72. The fraction of sp³-hybridized carbons (Fsp3) is 0.250. The van der Waals surface area contributed by atoms with Gasteiger partial charge in [0.05, 0.1) is 24.1 Å². The van der Waals surface area contributed by atoms with Crippen molar-refractivity contribution in [2.45, 2.75) is 21.1 Å². The van der Waals surface area contributed by atoms with Gasteiger partial charge in [-0.3, -0.25) is 0 Å². The van der Waals surface area contributed by atoms with Crippen LogP contribution in [-0.4, -0.2) is 38.8 Å². The van der Waals surface area contributed by atoms with Gasteiger partial charge in [0.15, 0.2) is 14.7 Å². The Morgan fingerprint density at radius 3 is 1.70 bits per heavy atom. The molecular weight excluding hydrogens is 350 g/mol. The third-order valence-electron chi connectivity index (χ3n) is 4.33. The molecule has 0 amide bonds. The van der Waals surface area contributed by atoms with E-state index in [4.69, 9.17) is 4.74 Å². The molecule has 0 unspecified atom stereocenters. The molecule has 0 radical (unpaired) electrons. The number of hydrogen-bond donors (Lipinski definition) is 0. The van der Waals surface area contributed by atoms with E-state index in [1.54, 1.807) is 0 Å². The summed E-state index contributed by atoms with van der Waals surface area (Å²) in [4.78, 5) is 6.19. The van der Waals surface area contributed by atoms with Crippen molar-refractivity contribution in [3.05, 3.63) is 90.5 Å². The van der Waals surface area contributed by atoms with Crippen LogP contribution >= 0.6 is 0 Å². The van der Waals surface area contributed by atoms with E-state index in [1.807, 2.05) is 0 Å². The van der Waals surface area contributed by atoms with Crippen LogP contribution in [0.15, 0.2) is 99.6 Å². The maximum Gasteiger partial charge on any atom is 0.166 e. The molecule has 0 spiro atoms. The van der Waals surface area contributed by atoms with E-state index in [2.05, 4.69) is 104 Å². The normalized spacial score (nSPS) is 11.3. The molecule has 3 aromatic rings. The first kappa shape index (κ1) is 19.7. The lowest BCUT2D eigenvalue weighted by Gasteiger charge is -2.10. The fourth-order valence-electron chi connectivity index (χ4n) is 2.85. The Bertz CT molecular complexity index is 748. The van der Waals surface area contributed by atoms with E-state index in [9.17, 15) is 0 Å². The van der Waals surface area contributed by atoms with Crippen molar-refractivity contribution in [1.29, 1.82) is 0 Å². The smallest absolute Gasteiger partial charge is 0.166 e. The minimum Gasteiger partial charge on any atom is -0.380 e. The van der Waals surface area contributed by atoms with Gasteiger partial charge >= 0.3 is 0 Å². The Labute approximate surface area is 166 Å². The molecular formula is C24H28NOS+. The minimum absolute atomic E-state index is 0.0737. The summed E-state index contributed by atoms with van der Waals surface area (Å²) in [5, 5.41) is 0. The van der Waals surface area contributed by atoms with Crippen LogP contribution in [0.4, 0.5) is 0 Å². The number of benzene rings is 3. The van der Waals surface area contributed by atoms with E-state index in [-0.39, 0.29) is 10.9 Å². The van der Waals surface area contributed by atoms with Gasteiger partial charge in [-0.1, -0.05) is 48.5 Å². The lowest BCUT2D eigenvalue weighted by atomic mass is 10.2. The molecule has 2 nitrogen and oxygen atoms in total. The molecule has 0 fully saturated rings. The quantitative estimate of drug-likeness (QED) is 0.388. The molecule has 0 aromatic heterocycles. The number of hydrogen-bond acceptors (Lipinski definition) is 2. The van der Waals surface area contributed by atoms with Crippen LogP contribution < -0.4 is 0 Å². The van der Waals surface area contributed by atoms with Crippen molar-refractivity contribution < 1.29 is 4.74 Å². The van der Waals surface area contributed by atoms with Crippen molar-refractivity contribution in [3.8, 4) is 0 Å². The van der Waals surface area contributed by atoms with Gasteiger partial charge in [-0.15, -0.1) is 0 Å². The van der Waals surface area contributed by atoms with Crippen molar-refractivity contribution in [3.63, 3.8) is 0 Å². The van der Waals surface area contributed by atoms with Crippen LogP contribution in [0.3, 0.4) is 0 Å². The van der Waals surface area contributed by atoms with Gasteiger partial charge in [-0.05, 0) is 62.5 Å². The molecule has 0 aliphatic rings. The summed E-state index contributed by atoms with van der Waals surface area (Å²) in [5.41, 5.74) is 1.33. The van der Waals surface area contributed by atoms with Crippen molar-refractivity contribution >= 4 is 10.9 Å². The minimum atomic E-state index is -0.0737. The first-order valence-electron chi connectivity index (χ1n) is 9.40. The van der Waals surface area contributed by atoms with Gasteiger partial charge in [0, 0.05) is 6.54 Å². The van der Waals surface area contributed by atoms with Gasteiger partial charge in [0.2, 0.25) is 0 Å². The topological polar surface area (TPSA) is 12.5 Å². The van der Waals surface area contributed by atoms with Crippen LogP contribution in [-0.2, 0) is 22.1 Å². The van der Waals surface area contributed by atoms with Gasteiger partial charge in [0.25, 0.3) is 0 Å². The molecule has 0 heterocycles. The number of nitrogens with zero attached hydrogens (tertiary/aromatic N) is 1. The molecule has 0 aliphatic carbocycles.